The lowest BCUT2D eigenvalue weighted by molar-refractivity contribution is 0.101. The van der Waals surface area contributed by atoms with E-state index in [9.17, 15) is 9.18 Å². The van der Waals surface area contributed by atoms with E-state index in [4.69, 9.17) is 21.1 Å². The molecule has 0 bridgehead atoms. The van der Waals surface area contributed by atoms with E-state index < -0.39 is 5.82 Å². The summed E-state index contributed by atoms with van der Waals surface area (Å²) in [5.41, 5.74) is 0.549. The van der Waals surface area contributed by atoms with E-state index in [1.807, 2.05) is 6.92 Å². The Labute approximate surface area is 131 Å². The van der Waals surface area contributed by atoms with Crippen molar-refractivity contribution in [2.45, 2.75) is 6.92 Å². The molecule has 22 heavy (non-hydrogen) atoms. The van der Waals surface area contributed by atoms with Crippen LogP contribution < -0.4 is 9.47 Å². The maximum Gasteiger partial charge on any atom is 0.231 e. The van der Waals surface area contributed by atoms with Crippen molar-refractivity contribution in [2.24, 2.45) is 0 Å². The first-order chi connectivity index (χ1) is 10.6. The van der Waals surface area contributed by atoms with Crippen LogP contribution in [0.15, 0.2) is 42.2 Å². The summed E-state index contributed by atoms with van der Waals surface area (Å²) in [6.45, 7) is 2.38. The van der Waals surface area contributed by atoms with Gasteiger partial charge in [0.25, 0.3) is 0 Å². The Hall–Kier alpha value is -2.33. The number of benzene rings is 2. The van der Waals surface area contributed by atoms with Gasteiger partial charge in [-0.2, -0.15) is 0 Å². The molecule has 1 aliphatic heterocycles. The van der Waals surface area contributed by atoms with Crippen LogP contribution in [-0.2, 0) is 0 Å². The number of fused-ring (bicyclic) bond motifs is 1. The van der Waals surface area contributed by atoms with Gasteiger partial charge in [-0.25, -0.2) is 4.39 Å². The topological polar surface area (TPSA) is 35.5 Å². The van der Waals surface area contributed by atoms with Gasteiger partial charge in [0, 0.05) is 11.6 Å². The number of hydrogen-bond acceptors (Lipinski definition) is 3. The molecule has 0 amide bonds. The highest BCUT2D eigenvalue weighted by Gasteiger charge is 2.28. The Morgan fingerprint density at radius 1 is 1.32 bits per heavy atom. The number of allylic oxidation sites excluding steroid dienone is 1. The minimum Gasteiger partial charge on any atom is -0.494 e. The van der Waals surface area contributed by atoms with E-state index in [0.29, 0.717) is 23.7 Å². The molecule has 3 nitrogen and oxygen atoms in total. The third-order valence-electron chi connectivity index (χ3n) is 3.23. The summed E-state index contributed by atoms with van der Waals surface area (Å²) in [7, 11) is 0. The zero-order valence-corrected chi connectivity index (χ0v) is 12.5. The maximum atomic E-state index is 13.8. The molecule has 0 aromatic heterocycles. The van der Waals surface area contributed by atoms with Crippen LogP contribution in [-0.4, -0.2) is 12.4 Å². The van der Waals surface area contributed by atoms with Gasteiger partial charge in [-0.05, 0) is 37.3 Å². The molecule has 1 heterocycles. The van der Waals surface area contributed by atoms with Gasteiger partial charge in [-0.15, -0.1) is 0 Å². The summed E-state index contributed by atoms with van der Waals surface area (Å²) < 4.78 is 24.7. The second-order valence-corrected chi connectivity index (χ2v) is 5.07. The van der Waals surface area contributed by atoms with Crippen molar-refractivity contribution >= 4 is 23.5 Å². The van der Waals surface area contributed by atoms with Crippen molar-refractivity contribution in [1.82, 2.24) is 0 Å². The van der Waals surface area contributed by atoms with Crippen LogP contribution in [0.2, 0.25) is 5.02 Å². The zero-order chi connectivity index (χ0) is 15.7. The molecule has 0 aliphatic carbocycles. The third-order valence-corrected chi connectivity index (χ3v) is 3.56. The number of Topliss-reactive ketones (excluding diaryl/α,β-unsaturated/α-hetero) is 1. The predicted octanol–water partition coefficient (Wildman–Crippen LogP) is 4.49. The van der Waals surface area contributed by atoms with Gasteiger partial charge < -0.3 is 9.47 Å². The third kappa shape index (κ3) is 2.57. The predicted molar refractivity (Wildman–Crippen MR) is 82.0 cm³/mol. The van der Waals surface area contributed by atoms with E-state index in [1.54, 1.807) is 24.3 Å². The summed E-state index contributed by atoms with van der Waals surface area (Å²) in [5.74, 6) is 0.226. The van der Waals surface area contributed by atoms with Crippen molar-refractivity contribution in [3.8, 4) is 11.5 Å². The Morgan fingerprint density at radius 2 is 2.14 bits per heavy atom. The number of ketones is 1. The van der Waals surface area contributed by atoms with E-state index in [0.717, 1.165) is 0 Å². The second-order valence-electron chi connectivity index (χ2n) is 4.67. The smallest absolute Gasteiger partial charge is 0.231 e. The molecule has 0 spiro atoms. The van der Waals surface area contributed by atoms with E-state index in [2.05, 4.69) is 0 Å². The van der Waals surface area contributed by atoms with Crippen LogP contribution in [0.4, 0.5) is 4.39 Å². The zero-order valence-electron chi connectivity index (χ0n) is 11.7. The van der Waals surface area contributed by atoms with Crippen LogP contribution in [0.1, 0.15) is 22.8 Å². The van der Waals surface area contributed by atoms with Gasteiger partial charge >= 0.3 is 0 Å². The quantitative estimate of drug-likeness (QED) is 0.782. The van der Waals surface area contributed by atoms with Crippen molar-refractivity contribution in [1.29, 1.82) is 0 Å². The molecular weight excluding hydrogens is 307 g/mol. The minimum absolute atomic E-state index is 0.0376. The summed E-state index contributed by atoms with van der Waals surface area (Å²) in [5, 5.41) is 0.217. The first-order valence-electron chi connectivity index (χ1n) is 6.75. The molecule has 0 fully saturated rings. The summed E-state index contributed by atoms with van der Waals surface area (Å²) >= 11 is 5.96. The molecular formula is C17H12ClFO3. The van der Waals surface area contributed by atoms with Crippen LogP contribution in [0.3, 0.4) is 0 Å². The summed E-state index contributed by atoms with van der Waals surface area (Å²) in [6, 6.07) is 9.30. The highest BCUT2D eigenvalue weighted by Crippen LogP contribution is 2.35. The lowest BCUT2D eigenvalue weighted by Gasteiger charge is -2.04. The lowest BCUT2D eigenvalue weighted by Crippen LogP contribution is -1.99. The summed E-state index contributed by atoms with van der Waals surface area (Å²) in [4.78, 5) is 12.3. The molecule has 1 aliphatic rings. The molecule has 3 rings (SSSR count). The van der Waals surface area contributed by atoms with Gasteiger partial charge in [-0.3, -0.25) is 4.79 Å². The SMILES string of the molecule is CCOc1ccc2c(c1)O/C(=C/c1c(F)cccc1Cl)C2=O. The molecule has 0 N–H and O–H groups in total. The van der Waals surface area contributed by atoms with Crippen LogP contribution in [0.25, 0.3) is 6.08 Å². The van der Waals surface area contributed by atoms with Crippen molar-refractivity contribution in [3.63, 3.8) is 0 Å². The highest BCUT2D eigenvalue weighted by atomic mass is 35.5. The summed E-state index contributed by atoms with van der Waals surface area (Å²) in [6.07, 6.45) is 1.32. The fourth-order valence-electron chi connectivity index (χ4n) is 2.20. The van der Waals surface area contributed by atoms with Crippen LogP contribution in [0, 0.1) is 5.82 Å². The molecule has 112 valence electrons. The highest BCUT2D eigenvalue weighted by molar-refractivity contribution is 6.32. The fraction of sp³-hybridized carbons (Fsp3) is 0.118. The molecule has 0 radical (unpaired) electrons. The van der Waals surface area contributed by atoms with Crippen LogP contribution in [0.5, 0.6) is 11.5 Å². The van der Waals surface area contributed by atoms with Gasteiger partial charge in [-0.1, -0.05) is 17.7 Å². The van der Waals surface area contributed by atoms with Crippen molar-refractivity contribution < 1.29 is 18.7 Å². The van der Waals surface area contributed by atoms with Gasteiger partial charge in [0.1, 0.15) is 17.3 Å². The maximum absolute atomic E-state index is 13.8. The molecule has 0 saturated carbocycles. The first kappa shape index (κ1) is 14.6. The van der Waals surface area contributed by atoms with E-state index >= 15 is 0 Å². The monoisotopic (exact) mass is 318 g/mol. The number of halogens is 2. The number of ether oxygens (including phenoxy) is 2. The molecule has 2 aromatic carbocycles. The van der Waals surface area contributed by atoms with Crippen LogP contribution >= 0.6 is 11.6 Å². The number of carbonyl (C=O) groups is 1. The Balaban J connectivity index is 1.98. The second kappa shape index (κ2) is 5.81. The largest absolute Gasteiger partial charge is 0.494 e. The number of rotatable bonds is 3. The average molecular weight is 319 g/mol. The average Bonchev–Trinajstić information content (AvgIpc) is 2.79. The standard InChI is InChI=1S/C17H12ClFO3/c1-2-21-10-6-7-11-15(8-10)22-16(17(11)20)9-12-13(18)4-3-5-14(12)19/h3-9H,2H2,1H3/b16-9+. The Kier molecular flexibility index (Phi) is 3.86. The van der Waals surface area contributed by atoms with Gasteiger partial charge in [0.15, 0.2) is 5.76 Å². The molecule has 0 unspecified atom stereocenters. The Bertz CT molecular complexity index is 763. The lowest BCUT2D eigenvalue weighted by atomic mass is 10.1. The van der Waals surface area contributed by atoms with Gasteiger partial charge in [0.05, 0.1) is 17.2 Å². The molecule has 0 atom stereocenters. The normalized spacial score (nSPS) is 14.9. The van der Waals surface area contributed by atoms with Crippen molar-refractivity contribution in [2.75, 3.05) is 6.61 Å². The van der Waals surface area contributed by atoms with E-state index in [-0.39, 0.29) is 22.1 Å². The number of carbonyl (C=O) groups excluding carboxylic acids is 1. The number of hydrogen-bond donors (Lipinski definition) is 0. The molecule has 0 saturated heterocycles. The Morgan fingerprint density at radius 3 is 2.86 bits per heavy atom. The van der Waals surface area contributed by atoms with E-state index in [1.165, 1.54) is 18.2 Å². The van der Waals surface area contributed by atoms with Gasteiger partial charge in [0.2, 0.25) is 5.78 Å². The first-order valence-corrected chi connectivity index (χ1v) is 7.13. The minimum atomic E-state index is -0.512. The fourth-order valence-corrected chi connectivity index (χ4v) is 2.42. The molecule has 5 heteroatoms. The van der Waals surface area contributed by atoms with Crippen molar-refractivity contribution in [3.05, 3.63) is 64.1 Å². The molecule has 2 aromatic rings.